The molecule has 25 heavy (non-hydrogen) atoms. The van der Waals surface area contributed by atoms with Crippen LogP contribution in [0, 0.1) is 24.2 Å². The molecule has 2 unspecified atom stereocenters. The van der Waals surface area contributed by atoms with Crippen molar-refractivity contribution in [1.82, 2.24) is 0 Å². The van der Waals surface area contributed by atoms with Crippen molar-refractivity contribution in [2.24, 2.45) is 11.8 Å². The standard InChI is InChI=1S/C25H48/c1-5-7-17-21-25(4)23-19-16-14-12-10-8-9-11-13-15-18-22-24(3)20-6-2/h2,24-25H,5,7-23H2,1,3-4H3. The summed E-state index contributed by atoms with van der Waals surface area (Å²) in [5.74, 6) is 4.46. The third kappa shape index (κ3) is 19.7. The smallest absolute Gasteiger partial charge is 0.0112 e. The first-order chi connectivity index (χ1) is 12.2. The van der Waals surface area contributed by atoms with Crippen LogP contribution in [-0.2, 0) is 0 Å². The van der Waals surface area contributed by atoms with Crippen LogP contribution in [0.25, 0.3) is 0 Å². The van der Waals surface area contributed by atoms with Gasteiger partial charge in [-0.3, -0.25) is 0 Å². The van der Waals surface area contributed by atoms with Crippen LogP contribution in [0.4, 0.5) is 0 Å². The fourth-order valence-electron chi connectivity index (χ4n) is 3.77. The van der Waals surface area contributed by atoms with Gasteiger partial charge in [0.05, 0.1) is 0 Å². The zero-order valence-electron chi connectivity index (χ0n) is 18.0. The molecule has 0 radical (unpaired) electrons. The molecule has 0 bridgehead atoms. The van der Waals surface area contributed by atoms with Crippen molar-refractivity contribution < 1.29 is 0 Å². The molecule has 2 atom stereocenters. The largest absolute Gasteiger partial charge is 0.120 e. The Balaban J connectivity index is 3.13. The zero-order chi connectivity index (χ0) is 18.6. The van der Waals surface area contributed by atoms with Crippen molar-refractivity contribution in [3.63, 3.8) is 0 Å². The SMILES string of the molecule is C#CCC(C)CCCCCCCCCCCCCC(C)CCCCC. The molecule has 0 fully saturated rings. The Morgan fingerprint density at radius 1 is 0.560 bits per heavy atom. The lowest BCUT2D eigenvalue weighted by Crippen LogP contribution is -1.94. The number of rotatable bonds is 19. The summed E-state index contributed by atoms with van der Waals surface area (Å²) in [7, 11) is 0. The molecule has 0 aliphatic rings. The van der Waals surface area contributed by atoms with E-state index < -0.39 is 0 Å². The lowest BCUT2D eigenvalue weighted by molar-refractivity contribution is 0.435. The summed E-state index contributed by atoms with van der Waals surface area (Å²) >= 11 is 0. The lowest BCUT2D eigenvalue weighted by Gasteiger charge is -2.10. The topological polar surface area (TPSA) is 0 Å². The van der Waals surface area contributed by atoms with Gasteiger partial charge in [-0.25, -0.2) is 0 Å². The highest BCUT2D eigenvalue weighted by atomic mass is 14.1. The van der Waals surface area contributed by atoms with E-state index in [1.165, 1.54) is 109 Å². The molecular formula is C25H48. The molecule has 0 rings (SSSR count). The summed E-state index contributed by atoms with van der Waals surface area (Å²) in [6.45, 7) is 7.03. The van der Waals surface area contributed by atoms with Crippen molar-refractivity contribution in [2.75, 3.05) is 0 Å². The summed E-state index contributed by atoms with van der Waals surface area (Å²) in [5, 5.41) is 0. The second kappa shape index (κ2) is 19.9. The lowest BCUT2D eigenvalue weighted by atomic mass is 9.96. The van der Waals surface area contributed by atoms with Crippen LogP contribution in [0.1, 0.15) is 136 Å². The molecule has 0 aromatic carbocycles. The predicted octanol–water partition coefficient (Wildman–Crippen LogP) is 8.93. The van der Waals surface area contributed by atoms with Crippen molar-refractivity contribution in [3.8, 4) is 12.3 Å². The van der Waals surface area contributed by atoms with Gasteiger partial charge in [-0.05, 0) is 18.3 Å². The van der Waals surface area contributed by atoms with Gasteiger partial charge in [0.1, 0.15) is 0 Å². The number of unbranched alkanes of at least 4 members (excludes halogenated alkanes) is 12. The second-order valence-electron chi connectivity index (χ2n) is 8.58. The zero-order valence-corrected chi connectivity index (χ0v) is 18.0. The van der Waals surface area contributed by atoms with E-state index in [4.69, 9.17) is 6.42 Å². The fraction of sp³-hybridized carbons (Fsp3) is 0.920. The van der Waals surface area contributed by atoms with Crippen LogP contribution in [-0.4, -0.2) is 0 Å². The first kappa shape index (κ1) is 24.6. The molecule has 0 aromatic heterocycles. The highest BCUT2D eigenvalue weighted by Crippen LogP contribution is 2.18. The molecule has 0 aliphatic carbocycles. The molecule has 148 valence electrons. The Kier molecular flexibility index (Phi) is 19.5. The first-order valence-corrected chi connectivity index (χ1v) is 11.6. The predicted molar refractivity (Wildman–Crippen MR) is 116 cm³/mol. The average Bonchev–Trinajstić information content (AvgIpc) is 2.59. The van der Waals surface area contributed by atoms with Crippen molar-refractivity contribution in [1.29, 1.82) is 0 Å². The normalized spacial score (nSPS) is 13.5. The number of terminal acetylenes is 1. The van der Waals surface area contributed by atoms with Crippen LogP contribution in [0.15, 0.2) is 0 Å². The minimum absolute atomic E-state index is 0.726. The number of hydrogen-bond donors (Lipinski definition) is 0. The van der Waals surface area contributed by atoms with Crippen LogP contribution < -0.4 is 0 Å². The Labute approximate surface area is 160 Å². The highest BCUT2D eigenvalue weighted by Gasteiger charge is 2.02. The highest BCUT2D eigenvalue weighted by molar-refractivity contribution is 4.85. The van der Waals surface area contributed by atoms with E-state index in [2.05, 4.69) is 26.7 Å². The Bertz CT molecular complexity index is 285. The maximum atomic E-state index is 5.35. The van der Waals surface area contributed by atoms with Crippen LogP contribution in [0.3, 0.4) is 0 Å². The monoisotopic (exact) mass is 348 g/mol. The quantitative estimate of drug-likeness (QED) is 0.161. The molecule has 0 aliphatic heterocycles. The van der Waals surface area contributed by atoms with Crippen LogP contribution in [0.2, 0.25) is 0 Å². The van der Waals surface area contributed by atoms with E-state index >= 15 is 0 Å². The molecule has 0 spiro atoms. The maximum absolute atomic E-state index is 5.35. The van der Waals surface area contributed by atoms with Gasteiger partial charge >= 0.3 is 0 Å². The van der Waals surface area contributed by atoms with Gasteiger partial charge in [-0.1, -0.05) is 124 Å². The summed E-state index contributed by atoms with van der Waals surface area (Å²) in [6, 6.07) is 0. The van der Waals surface area contributed by atoms with E-state index in [0.29, 0.717) is 0 Å². The van der Waals surface area contributed by atoms with E-state index in [0.717, 1.165) is 18.3 Å². The molecule has 0 saturated heterocycles. The summed E-state index contributed by atoms with van der Waals surface area (Å²) in [4.78, 5) is 0. The average molecular weight is 349 g/mol. The minimum Gasteiger partial charge on any atom is -0.120 e. The molecule has 0 aromatic rings. The van der Waals surface area contributed by atoms with Gasteiger partial charge < -0.3 is 0 Å². The fourth-order valence-corrected chi connectivity index (χ4v) is 3.77. The van der Waals surface area contributed by atoms with Gasteiger partial charge in [0.15, 0.2) is 0 Å². The van der Waals surface area contributed by atoms with Gasteiger partial charge in [-0.15, -0.1) is 12.3 Å². The van der Waals surface area contributed by atoms with Crippen molar-refractivity contribution in [3.05, 3.63) is 0 Å². The van der Waals surface area contributed by atoms with Gasteiger partial charge in [-0.2, -0.15) is 0 Å². The van der Waals surface area contributed by atoms with Crippen molar-refractivity contribution in [2.45, 2.75) is 136 Å². The molecule has 0 heterocycles. The molecule has 0 amide bonds. The Morgan fingerprint density at radius 2 is 0.920 bits per heavy atom. The van der Waals surface area contributed by atoms with Crippen molar-refractivity contribution >= 4 is 0 Å². The molecule has 0 N–H and O–H groups in total. The molecule has 0 heteroatoms. The molecular weight excluding hydrogens is 300 g/mol. The third-order valence-electron chi connectivity index (χ3n) is 5.66. The number of hydrogen-bond acceptors (Lipinski definition) is 0. The van der Waals surface area contributed by atoms with Crippen LogP contribution >= 0.6 is 0 Å². The summed E-state index contributed by atoms with van der Waals surface area (Å²) in [6.07, 6.45) is 30.7. The van der Waals surface area contributed by atoms with Crippen LogP contribution in [0.5, 0.6) is 0 Å². The Morgan fingerprint density at radius 3 is 1.32 bits per heavy atom. The van der Waals surface area contributed by atoms with E-state index in [1.807, 2.05) is 0 Å². The Hall–Kier alpha value is -0.440. The first-order valence-electron chi connectivity index (χ1n) is 11.6. The third-order valence-corrected chi connectivity index (χ3v) is 5.66. The van der Waals surface area contributed by atoms with Gasteiger partial charge in [0.25, 0.3) is 0 Å². The van der Waals surface area contributed by atoms with Gasteiger partial charge in [0, 0.05) is 6.42 Å². The second-order valence-corrected chi connectivity index (χ2v) is 8.58. The molecule has 0 saturated carbocycles. The van der Waals surface area contributed by atoms with E-state index in [9.17, 15) is 0 Å². The van der Waals surface area contributed by atoms with E-state index in [-0.39, 0.29) is 0 Å². The minimum atomic E-state index is 0.726. The van der Waals surface area contributed by atoms with Gasteiger partial charge in [0.2, 0.25) is 0 Å². The van der Waals surface area contributed by atoms with E-state index in [1.54, 1.807) is 0 Å². The maximum Gasteiger partial charge on any atom is 0.0112 e. The summed E-state index contributed by atoms with van der Waals surface area (Å²) < 4.78 is 0. The molecule has 0 nitrogen and oxygen atoms in total. The summed E-state index contributed by atoms with van der Waals surface area (Å²) in [5.41, 5.74) is 0.